The Morgan fingerprint density at radius 3 is 2.76 bits per heavy atom. The van der Waals surface area contributed by atoms with Gasteiger partial charge in [-0.2, -0.15) is 0 Å². The minimum atomic E-state index is -0.578. The highest BCUT2D eigenvalue weighted by molar-refractivity contribution is 6.31. The summed E-state index contributed by atoms with van der Waals surface area (Å²) in [5.41, 5.74) is 1.43. The molecule has 0 radical (unpaired) electrons. The molecule has 0 aliphatic heterocycles. The normalized spacial score (nSPS) is 16.5. The highest BCUT2D eigenvalue weighted by atomic mass is 35.5. The number of benzene rings is 1. The summed E-state index contributed by atoms with van der Waals surface area (Å²) < 4.78 is 0. The van der Waals surface area contributed by atoms with Crippen LogP contribution in [-0.4, -0.2) is 16.9 Å². The average molecular weight is 305 g/mol. The van der Waals surface area contributed by atoms with Crippen LogP contribution in [0, 0.1) is 0 Å². The van der Waals surface area contributed by atoms with E-state index in [1.165, 1.54) is 12.8 Å². The molecular formula is C17H21ClN2O. The zero-order valence-electron chi connectivity index (χ0n) is 12.5. The maximum absolute atomic E-state index is 12.7. The SMILES string of the molecule is CC(C)(C(=O)NC1CCCC1)c1c[nH]c2ccc(Cl)cc12. The minimum absolute atomic E-state index is 0.0928. The van der Waals surface area contributed by atoms with Crippen LogP contribution in [0.15, 0.2) is 24.4 Å². The summed E-state index contributed by atoms with van der Waals surface area (Å²) >= 11 is 6.10. The van der Waals surface area contributed by atoms with Crippen LogP contribution in [0.3, 0.4) is 0 Å². The lowest BCUT2D eigenvalue weighted by Gasteiger charge is -2.25. The lowest BCUT2D eigenvalue weighted by Crippen LogP contribution is -2.44. The molecule has 3 rings (SSSR count). The second-order valence-electron chi connectivity index (χ2n) is 6.47. The van der Waals surface area contributed by atoms with E-state index in [9.17, 15) is 4.79 Å². The molecule has 112 valence electrons. The van der Waals surface area contributed by atoms with Crippen LogP contribution in [0.2, 0.25) is 5.02 Å². The van der Waals surface area contributed by atoms with E-state index in [1.807, 2.05) is 38.2 Å². The van der Waals surface area contributed by atoms with Crippen molar-refractivity contribution in [3.63, 3.8) is 0 Å². The number of nitrogens with one attached hydrogen (secondary N) is 2. The number of H-pyrrole nitrogens is 1. The summed E-state index contributed by atoms with van der Waals surface area (Å²) in [7, 11) is 0. The molecule has 1 aromatic heterocycles. The van der Waals surface area contributed by atoms with Crippen molar-refractivity contribution in [1.82, 2.24) is 10.3 Å². The predicted octanol–water partition coefficient (Wildman–Crippen LogP) is 4.16. The molecule has 2 N–H and O–H groups in total. The van der Waals surface area contributed by atoms with Gasteiger partial charge in [0.15, 0.2) is 0 Å². The fourth-order valence-corrected chi connectivity index (χ4v) is 3.34. The first-order valence-electron chi connectivity index (χ1n) is 7.56. The largest absolute Gasteiger partial charge is 0.361 e. The zero-order chi connectivity index (χ0) is 15.0. The molecule has 3 nitrogen and oxygen atoms in total. The van der Waals surface area contributed by atoms with Gasteiger partial charge in [0.25, 0.3) is 0 Å². The summed E-state index contributed by atoms with van der Waals surface area (Å²) in [6.07, 6.45) is 6.56. The molecule has 1 fully saturated rings. The van der Waals surface area contributed by atoms with E-state index in [0.717, 1.165) is 29.3 Å². The molecule has 1 aliphatic carbocycles. The van der Waals surface area contributed by atoms with E-state index in [1.54, 1.807) is 0 Å². The fraction of sp³-hybridized carbons (Fsp3) is 0.471. The number of carbonyl (C=O) groups is 1. The minimum Gasteiger partial charge on any atom is -0.361 e. The number of aromatic nitrogens is 1. The number of carbonyl (C=O) groups excluding carboxylic acids is 1. The van der Waals surface area contributed by atoms with Crippen LogP contribution in [0.1, 0.15) is 45.1 Å². The van der Waals surface area contributed by atoms with Crippen LogP contribution in [0.25, 0.3) is 10.9 Å². The Hall–Kier alpha value is -1.48. The molecule has 2 aromatic rings. The van der Waals surface area contributed by atoms with Crippen LogP contribution < -0.4 is 5.32 Å². The molecule has 1 saturated carbocycles. The van der Waals surface area contributed by atoms with Crippen molar-refractivity contribution in [2.75, 3.05) is 0 Å². The van der Waals surface area contributed by atoms with E-state index in [2.05, 4.69) is 10.3 Å². The van der Waals surface area contributed by atoms with Gasteiger partial charge in [0.05, 0.1) is 5.41 Å². The summed E-state index contributed by atoms with van der Waals surface area (Å²) in [5, 5.41) is 4.91. The van der Waals surface area contributed by atoms with Crippen molar-refractivity contribution in [1.29, 1.82) is 0 Å². The molecular weight excluding hydrogens is 284 g/mol. The Morgan fingerprint density at radius 1 is 1.33 bits per heavy atom. The smallest absolute Gasteiger partial charge is 0.230 e. The third kappa shape index (κ3) is 2.67. The number of amides is 1. The third-order valence-electron chi connectivity index (χ3n) is 4.58. The van der Waals surface area contributed by atoms with Crippen molar-refractivity contribution in [2.24, 2.45) is 0 Å². The molecule has 0 spiro atoms. The van der Waals surface area contributed by atoms with Gasteiger partial charge in [-0.3, -0.25) is 4.79 Å². The quantitative estimate of drug-likeness (QED) is 0.878. The van der Waals surface area contributed by atoms with Gasteiger partial charge in [-0.15, -0.1) is 0 Å². The summed E-state index contributed by atoms with van der Waals surface area (Å²) in [6, 6.07) is 6.07. The Morgan fingerprint density at radius 2 is 2.05 bits per heavy atom. The maximum Gasteiger partial charge on any atom is 0.230 e. The third-order valence-corrected chi connectivity index (χ3v) is 4.81. The van der Waals surface area contributed by atoms with Crippen molar-refractivity contribution in [2.45, 2.75) is 51.0 Å². The number of rotatable bonds is 3. The molecule has 0 atom stereocenters. The monoisotopic (exact) mass is 304 g/mol. The number of hydrogen-bond acceptors (Lipinski definition) is 1. The molecule has 1 heterocycles. The van der Waals surface area contributed by atoms with Crippen LogP contribution in [0.4, 0.5) is 0 Å². The van der Waals surface area contributed by atoms with E-state index in [0.29, 0.717) is 11.1 Å². The van der Waals surface area contributed by atoms with Crippen molar-refractivity contribution in [3.05, 3.63) is 35.0 Å². The number of aromatic amines is 1. The first-order chi connectivity index (χ1) is 9.98. The Balaban J connectivity index is 1.91. The van der Waals surface area contributed by atoms with E-state index < -0.39 is 5.41 Å². The zero-order valence-corrected chi connectivity index (χ0v) is 13.3. The second-order valence-corrected chi connectivity index (χ2v) is 6.91. The molecule has 1 amide bonds. The molecule has 1 aliphatic rings. The lowest BCUT2D eigenvalue weighted by molar-refractivity contribution is -0.126. The van der Waals surface area contributed by atoms with Crippen LogP contribution in [0.5, 0.6) is 0 Å². The van der Waals surface area contributed by atoms with Crippen molar-refractivity contribution in [3.8, 4) is 0 Å². The van der Waals surface area contributed by atoms with Crippen molar-refractivity contribution < 1.29 is 4.79 Å². The van der Waals surface area contributed by atoms with Crippen molar-refractivity contribution >= 4 is 28.4 Å². The second kappa shape index (κ2) is 5.38. The van der Waals surface area contributed by atoms with Gasteiger partial charge in [-0.05, 0) is 50.5 Å². The van der Waals surface area contributed by atoms with E-state index in [-0.39, 0.29) is 5.91 Å². The van der Waals surface area contributed by atoms with Gasteiger partial charge in [0.2, 0.25) is 5.91 Å². The topological polar surface area (TPSA) is 44.9 Å². The highest BCUT2D eigenvalue weighted by Gasteiger charge is 2.33. The van der Waals surface area contributed by atoms with Gasteiger partial charge in [-0.1, -0.05) is 24.4 Å². The van der Waals surface area contributed by atoms with Gasteiger partial charge < -0.3 is 10.3 Å². The Kier molecular flexibility index (Phi) is 3.70. The standard InChI is InChI=1S/C17H21ClN2O/c1-17(2,16(21)20-12-5-3-4-6-12)14-10-19-15-8-7-11(18)9-13(14)15/h7-10,12,19H,3-6H2,1-2H3,(H,20,21). The van der Waals surface area contributed by atoms with Gasteiger partial charge in [0.1, 0.15) is 0 Å². The lowest BCUT2D eigenvalue weighted by atomic mass is 9.83. The van der Waals surface area contributed by atoms with Crippen LogP contribution in [-0.2, 0) is 10.2 Å². The van der Waals surface area contributed by atoms with E-state index >= 15 is 0 Å². The molecule has 4 heteroatoms. The summed E-state index contributed by atoms with van der Waals surface area (Å²) in [5.74, 6) is 0.0928. The van der Waals surface area contributed by atoms with Gasteiger partial charge in [-0.25, -0.2) is 0 Å². The first-order valence-corrected chi connectivity index (χ1v) is 7.94. The molecule has 0 saturated heterocycles. The Labute approximate surface area is 130 Å². The van der Waals surface area contributed by atoms with Crippen LogP contribution >= 0.6 is 11.6 Å². The number of halogens is 1. The highest BCUT2D eigenvalue weighted by Crippen LogP contribution is 2.32. The predicted molar refractivity (Wildman–Crippen MR) is 86.7 cm³/mol. The first kappa shape index (κ1) is 14.5. The molecule has 21 heavy (non-hydrogen) atoms. The summed E-state index contributed by atoms with van der Waals surface area (Å²) in [4.78, 5) is 15.9. The molecule has 0 unspecified atom stereocenters. The average Bonchev–Trinajstić information content (AvgIpc) is 3.07. The molecule has 1 aromatic carbocycles. The number of fused-ring (bicyclic) bond motifs is 1. The van der Waals surface area contributed by atoms with E-state index in [4.69, 9.17) is 11.6 Å². The van der Waals surface area contributed by atoms with Gasteiger partial charge >= 0.3 is 0 Å². The number of hydrogen-bond donors (Lipinski definition) is 2. The van der Waals surface area contributed by atoms with Gasteiger partial charge in [0, 0.05) is 28.2 Å². The molecule has 0 bridgehead atoms. The fourth-order valence-electron chi connectivity index (χ4n) is 3.17. The Bertz CT molecular complexity index is 668. The summed E-state index contributed by atoms with van der Waals surface area (Å²) in [6.45, 7) is 3.95. The maximum atomic E-state index is 12.7.